The standard InChI is InChI=1S/C18H18FN3O2S2/c19-16-9-5-4-6-13(16)10-24-11-15(23)12-25-18-22-21-17(26-18)20-14-7-2-1-3-8-14/h1-9,15,23H,10-12H2,(H,20,21). The summed E-state index contributed by atoms with van der Waals surface area (Å²) in [4.78, 5) is 0. The van der Waals surface area contributed by atoms with Crippen molar-refractivity contribution in [1.29, 1.82) is 0 Å². The number of nitrogens with zero attached hydrogens (tertiary/aromatic N) is 2. The highest BCUT2D eigenvalue weighted by Crippen LogP contribution is 2.28. The molecule has 2 aromatic carbocycles. The molecule has 2 N–H and O–H groups in total. The Kier molecular flexibility index (Phi) is 6.96. The van der Waals surface area contributed by atoms with Gasteiger partial charge in [0.2, 0.25) is 5.13 Å². The van der Waals surface area contributed by atoms with Crippen LogP contribution in [0.3, 0.4) is 0 Å². The number of thioether (sulfide) groups is 1. The number of anilines is 2. The summed E-state index contributed by atoms with van der Waals surface area (Å²) < 4.78 is 19.6. The van der Waals surface area contributed by atoms with E-state index in [1.807, 2.05) is 30.3 Å². The van der Waals surface area contributed by atoms with Gasteiger partial charge in [0.15, 0.2) is 4.34 Å². The van der Waals surface area contributed by atoms with Gasteiger partial charge in [0.05, 0.1) is 19.3 Å². The van der Waals surface area contributed by atoms with Crippen LogP contribution in [0.1, 0.15) is 5.56 Å². The molecule has 3 rings (SSSR count). The summed E-state index contributed by atoms with van der Waals surface area (Å²) in [6.45, 7) is 0.271. The van der Waals surface area contributed by atoms with Crippen molar-refractivity contribution in [2.24, 2.45) is 0 Å². The highest BCUT2D eigenvalue weighted by atomic mass is 32.2. The van der Waals surface area contributed by atoms with Crippen LogP contribution in [0.15, 0.2) is 58.9 Å². The molecule has 0 spiro atoms. The molecule has 0 bridgehead atoms. The molecular weight excluding hydrogens is 373 g/mol. The van der Waals surface area contributed by atoms with Crippen molar-refractivity contribution < 1.29 is 14.2 Å². The lowest BCUT2D eigenvalue weighted by Gasteiger charge is -2.10. The van der Waals surface area contributed by atoms with Gasteiger partial charge in [-0.05, 0) is 18.2 Å². The Morgan fingerprint density at radius 2 is 1.88 bits per heavy atom. The Bertz CT molecular complexity index is 817. The Hall–Kier alpha value is -2.00. The molecule has 26 heavy (non-hydrogen) atoms. The van der Waals surface area contributed by atoms with Crippen LogP contribution in [0.2, 0.25) is 0 Å². The van der Waals surface area contributed by atoms with E-state index < -0.39 is 6.10 Å². The van der Waals surface area contributed by atoms with Crippen LogP contribution in [0.5, 0.6) is 0 Å². The summed E-state index contributed by atoms with van der Waals surface area (Å²) in [5.74, 6) is 0.126. The second kappa shape index (κ2) is 9.63. The third-order valence-electron chi connectivity index (χ3n) is 3.36. The molecule has 0 saturated carbocycles. The van der Waals surface area contributed by atoms with Crippen molar-refractivity contribution in [3.8, 4) is 0 Å². The van der Waals surface area contributed by atoms with Gasteiger partial charge in [-0.25, -0.2) is 4.39 Å². The zero-order chi connectivity index (χ0) is 18.2. The SMILES string of the molecule is OC(COCc1ccccc1F)CSc1nnc(Nc2ccccc2)s1. The number of aliphatic hydroxyl groups is 1. The fraction of sp³-hybridized carbons (Fsp3) is 0.222. The van der Waals surface area contributed by atoms with Gasteiger partial charge in [0.1, 0.15) is 5.82 Å². The van der Waals surface area contributed by atoms with Gasteiger partial charge in [-0.2, -0.15) is 0 Å². The van der Waals surface area contributed by atoms with Gasteiger partial charge in [-0.3, -0.25) is 0 Å². The molecule has 1 unspecified atom stereocenters. The predicted octanol–water partition coefficient (Wildman–Crippen LogP) is 4.09. The molecule has 8 heteroatoms. The first-order valence-electron chi connectivity index (χ1n) is 7.98. The Labute approximate surface area is 159 Å². The van der Waals surface area contributed by atoms with Gasteiger partial charge < -0.3 is 15.2 Å². The van der Waals surface area contributed by atoms with Crippen LogP contribution >= 0.6 is 23.1 Å². The van der Waals surface area contributed by atoms with Crippen LogP contribution in [0, 0.1) is 5.82 Å². The summed E-state index contributed by atoms with van der Waals surface area (Å²) in [6.07, 6.45) is -0.666. The quantitative estimate of drug-likeness (QED) is 0.536. The number of hydrogen-bond donors (Lipinski definition) is 2. The van der Waals surface area contributed by atoms with Crippen molar-refractivity contribution in [1.82, 2.24) is 10.2 Å². The van der Waals surface area contributed by atoms with Gasteiger partial charge in [0, 0.05) is 17.0 Å². The molecule has 0 saturated heterocycles. The topological polar surface area (TPSA) is 67.3 Å². The number of ether oxygens (including phenoxy) is 1. The van der Waals surface area contributed by atoms with Gasteiger partial charge in [0.25, 0.3) is 0 Å². The molecule has 3 aromatic rings. The van der Waals surface area contributed by atoms with Crippen LogP contribution in [-0.4, -0.2) is 33.8 Å². The molecule has 0 aliphatic rings. The van der Waals surface area contributed by atoms with E-state index in [-0.39, 0.29) is 19.0 Å². The second-order valence-corrected chi connectivity index (χ2v) is 7.68. The fourth-order valence-electron chi connectivity index (χ4n) is 2.10. The minimum atomic E-state index is -0.666. The highest BCUT2D eigenvalue weighted by molar-refractivity contribution is 8.01. The fourth-order valence-corrected chi connectivity index (χ4v) is 3.80. The molecular formula is C18H18FN3O2S2. The molecule has 136 valence electrons. The lowest BCUT2D eigenvalue weighted by Crippen LogP contribution is -2.18. The van der Waals surface area contributed by atoms with Crippen molar-refractivity contribution in [2.75, 3.05) is 17.7 Å². The molecule has 0 aliphatic heterocycles. The second-order valence-electron chi connectivity index (χ2n) is 5.44. The number of benzene rings is 2. The van der Waals surface area contributed by atoms with Crippen molar-refractivity contribution >= 4 is 33.9 Å². The maximum Gasteiger partial charge on any atom is 0.210 e. The number of halogens is 1. The first-order valence-corrected chi connectivity index (χ1v) is 9.78. The average molecular weight is 391 g/mol. The molecule has 0 fully saturated rings. The van der Waals surface area contributed by atoms with Crippen LogP contribution in [-0.2, 0) is 11.3 Å². The normalized spacial score (nSPS) is 12.1. The average Bonchev–Trinajstić information content (AvgIpc) is 3.10. The van der Waals surface area contributed by atoms with E-state index in [9.17, 15) is 9.50 Å². The van der Waals surface area contributed by atoms with Crippen molar-refractivity contribution in [2.45, 2.75) is 17.1 Å². The Morgan fingerprint density at radius 1 is 1.12 bits per heavy atom. The van der Waals surface area contributed by atoms with Crippen LogP contribution in [0.4, 0.5) is 15.2 Å². The van der Waals surface area contributed by atoms with E-state index in [1.54, 1.807) is 18.2 Å². The summed E-state index contributed by atoms with van der Waals surface area (Å²) in [5, 5.41) is 22.1. The van der Waals surface area contributed by atoms with Gasteiger partial charge >= 0.3 is 0 Å². The number of aliphatic hydroxyl groups excluding tert-OH is 1. The summed E-state index contributed by atoms with van der Waals surface area (Å²) in [7, 11) is 0. The number of aromatic nitrogens is 2. The lowest BCUT2D eigenvalue weighted by molar-refractivity contribution is 0.0387. The van der Waals surface area contributed by atoms with E-state index in [1.165, 1.54) is 29.2 Å². The monoisotopic (exact) mass is 391 g/mol. The molecule has 1 aromatic heterocycles. The number of para-hydroxylation sites is 1. The highest BCUT2D eigenvalue weighted by Gasteiger charge is 2.10. The van der Waals surface area contributed by atoms with Gasteiger partial charge in [-0.15, -0.1) is 10.2 Å². The maximum atomic E-state index is 13.5. The van der Waals surface area contributed by atoms with Gasteiger partial charge in [-0.1, -0.05) is 59.5 Å². The third-order valence-corrected chi connectivity index (χ3v) is 5.47. The zero-order valence-corrected chi connectivity index (χ0v) is 15.5. The Balaban J connectivity index is 1.39. The minimum Gasteiger partial charge on any atom is -0.390 e. The largest absolute Gasteiger partial charge is 0.390 e. The van der Waals surface area contributed by atoms with Crippen LogP contribution in [0.25, 0.3) is 0 Å². The van der Waals surface area contributed by atoms with Crippen molar-refractivity contribution in [3.63, 3.8) is 0 Å². The van der Waals surface area contributed by atoms with E-state index in [0.717, 1.165) is 10.0 Å². The molecule has 1 atom stereocenters. The Morgan fingerprint density at radius 3 is 2.69 bits per heavy atom. The van der Waals surface area contributed by atoms with Crippen molar-refractivity contribution in [3.05, 3.63) is 66.0 Å². The summed E-state index contributed by atoms with van der Waals surface area (Å²) in [6, 6.07) is 16.2. The molecule has 0 amide bonds. The smallest absolute Gasteiger partial charge is 0.210 e. The number of hydrogen-bond acceptors (Lipinski definition) is 7. The first-order chi connectivity index (χ1) is 12.7. The zero-order valence-electron chi connectivity index (χ0n) is 13.8. The molecule has 1 heterocycles. The minimum absolute atomic E-state index is 0.134. The van der Waals surface area contributed by atoms with E-state index in [4.69, 9.17) is 4.74 Å². The van der Waals surface area contributed by atoms with E-state index >= 15 is 0 Å². The third kappa shape index (κ3) is 5.77. The molecule has 0 aliphatic carbocycles. The maximum absolute atomic E-state index is 13.5. The predicted molar refractivity (Wildman–Crippen MR) is 102 cm³/mol. The van der Waals surface area contributed by atoms with E-state index in [2.05, 4.69) is 15.5 Å². The lowest BCUT2D eigenvalue weighted by atomic mass is 10.2. The number of rotatable bonds is 9. The molecule has 5 nitrogen and oxygen atoms in total. The molecule has 0 radical (unpaired) electrons. The van der Waals surface area contributed by atoms with E-state index in [0.29, 0.717) is 16.4 Å². The summed E-state index contributed by atoms with van der Waals surface area (Å²) in [5.41, 5.74) is 1.43. The first kappa shape index (κ1) is 18.8. The summed E-state index contributed by atoms with van der Waals surface area (Å²) >= 11 is 2.83. The van der Waals surface area contributed by atoms with Crippen LogP contribution < -0.4 is 5.32 Å². The number of nitrogens with one attached hydrogen (secondary N) is 1.